The van der Waals surface area contributed by atoms with Crippen molar-refractivity contribution in [3.8, 4) is 11.5 Å². The summed E-state index contributed by atoms with van der Waals surface area (Å²) in [5.74, 6) is 1.61. The normalized spacial score (nSPS) is 18.4. The van der Waals surface area contributed by atoms with Crippen molar-refractivity contribution in [2.24, 2.45) is 11.8 Å². The molecule has 2 aromatic carbocycles. The number of nitrogens with one attached hydrogen (secondary N) is 2. The number of carbonyl (C=O) groups excluding carboxylic acids is 2. The molecule has 3 amide bonds. The lowest BCUT2D eigenvalue weighted by Crippen LogP contribution is -2.45. The summed E-state index contributed by atoms with van der Waals surface area (Å²) in [5.41, 5.74) is 1.37. The minimum atomic E-state index is -0.0487. The zero-order valence-corrected chi connectivity index (χ0v) is 24.2. The van der Waals surface area contributed by atoms with Crippen molar-refractivity contribution in [2.45, 2.75) is 45.2 Å². The number of methoxy groups -OCH3 is 2. The molecule has 1 saturated heterocycles. The van der Waals surface area contributed by atoms with Crippen molar-refractivity contribution in [2.75, 3.05) is 58.9 Å². The second-order valence-electron chi connectivity index (χ2n) is 11.0. The summed E-state index contributed by atoms with van der Waals surface area (Å²) in [6.45, 7) is 8.10. The molecule has 1 saturated carbocycles. The molecule has 2 N–H and O–H groups in total. The lowest BCUT2D eigenvalue weighted by molar-refractivity contribution is 0.0653. The second-order valence-corrected chi connectivity index (χ2v) is 11.0. The molecule has 9 nitrogen and oxygen atoms in total. The monoisotopic (exact) mass is 552 g/mol. The predicted molar refractivity (Wildman–Crippen MR) is 156 cm³/mol. The van der Waals surface area contributed by atoms with Crippen LogP contribution in [0.4, 0.5) is 10.5 Å². The Morgan fingerprint density at radius 2 is 1.70 bits per heavy atom. The van der Waals surface area contributed by atoms with Crippen LogP contribution in [0, 0.1) is 11.8 Å². The van der Waals surface area contributed by atoms with E-state index in [9.17, 15) is 9.59 Å². The summed E-state index contributed by atoms with van der Waals surface area (Å²) in [7, 11) is 3.26. The third-order valence-corrected chi connectivity index (χ3v) is 7.66. The van der Waals surface area contributed by atoms with Crippen LogP contribution >= 0.6 is 0 Å². The van der Waals surface area contributed by atoms with Crippen molar-refractivity contribution in [1.82, 2.24) is 15.1 Å². The van der Waals surface area contributed by atoms with Gasteiger partial charge in [-0.15, -0.1) is 0 Å². The van der Waals surface area contributed by atoms with Gasteiger partial charge in [0, 0.05) is 69.7 Å². The van der Waals surface area contributed by atoms with E-state index in [1.165, 1.54) is 0 Å². The van der Waals surface area contributed by atoms with Crippen molar-refractivity contribution >= 4 is 17.6 Å². The molecular weight excluding hydrogens is 508 g/mol. The first kappa shape index (κ1) is 29.7. The van der Waals surface area contributed by atoms with E-state index in [-0.39, 0.29) is 35.9 Å². The fraction of sp³-hybridized carbons (Fsp3) is 0.548. The lowest BCUT2D eigenvalue weighted by atomic mass is 9.94. The molecule has 2 fully saturated rings. The number of amides is 3. The Labute approximate surface area is 238 Å². The van der Waals surface area contributed by atoms with Crippen molar-refractivity contribution in [1.29, 1.82) is 0 Å². The Kier molecular flexibility index (Phi) is 10.7. The third-order valence-electron chi connectivity index (χ3n) is 7.66. The van der Waals surface area contributed by atoms with E-state index in [1.807, 2.05) is 54.0 Å². The number of carbonyl (C=O) groups is 2. The fourth-order valence-electron chi connectivity index (χ4n) is 5.22. The van der Waals surface area contributed by atoms with E-state index in [4.69, 9.17) is 14.2 Å². The molecule has 218 valence electrons. The van der Waals surface area contributed by atoms with E-state index in [1.54, 1.807) is 32.4 Å². The SMILES string of the molecule is COCCCOc1cc(C(=O)N(C[C@@H]2CNC[C@@H]2CN(C(=O)Nc2ccccc2)C2CC2)C(C)C)ccc1OC. The van der Waals surface area contributed by atoms with Crippen LogP contribution in [-0.4, -0.2) is 87.4 Å². The summed E-state index contributed by atoms with van der Waals surface area (Å²) in [4.78, 5) is 30.9. The highest BCUT2D eigenvalue weighted by Crippen LogP contribution is 2.32. The predicted octanol–water partition coefficient (Wildman–Crippen LogP) is 4.49. The summed E-state index contributed by atoms with van der Waals surface area (Å²) in [6, 6.07) is 15.2. The van der Waals surface area contributed by atoms with Crippen LogP contribution < -0.4 is 20.1 Å². The van der Waals surface area contributed by atoms with Crippen molar-refractivity contribution in [3.63, 3.8) is 0 Å². The van der Waals surface area contributed by atoms with Crippen LogP contribution in [0.2, 0.25) is 0 Å². The first-order chi connectivity index (χ1) is 19.4. The van der Waals surface area contributed by atoms with Gasteiger partial charge in [-0.25, -0.2) is 4.79 Å². The molecule has 4 rings (SSSR count). The highest BCUT2D eigenvalue weighted by atomic mass is 16.5. The van der Waals surface area contributed by atoms with Crippen LogP contribution in [0.15, 0.2) is 48.5 Å². The standard InChI is InChI=1S/C31H44N4O5/c1-22(2)34(30(36)23-11-14-28(39-4)29(17-23)40-16-8-15-38-3)20-24-18-32-19-25(24)21-35(27-12-13-27)31(37)33-26-9-6-5-7-10-26/h5-7,9-11,14,17,22,24-25,27,32H,8,12-13,15-16,18-21H2,1-4H3,(H,33,37)/t24-,25+/m0/s1. The number of hydrogen-bond acceptors (Lipinski definition) is 6. The number of anilines is 1. The topological polar surface area (TPSA) is 92.4 Å². The fourth-order valence-corrected chi connectivity index (χ4v) is 5.22. The van der Waals surface area contributed by atoms with Gasteiger partial charge in [-0.05, 0) is 68.9 Å². The van der Waals surface area contributed by atoms with Gasteiger partial charge in [0.2, 0.25) is 0 Å². The number of hydrogen-bond donors (Lipinski definition) is 2. The Morgan fingerprint density at radius 1 is 0.975 bits per heavy atom. The molecule has 40 heavy (non-hydrogen) atoms. The molecule has 1 aliphatic heterocycles. The summed E-state index contributed by atoms with van der Waals surface area (Å²) in [5, 5.41) is 6.57. The summed E-state index contributed by atoms with van der Waals surface area (Å²) in [6.07, 6.45) is 2.82. The van der Waals surface area contributed by atoms with Gasteiger partial charge in [-0.2, -0.15) is 0 Å². The van der Waals surface area contributed by atoms with Gasteiger partial charge in [0.1, 0.15) is 0 Å². The zero-order valence-electron chi connectivity index (χ0n) is 24.2. The van der Waals surface area contributed by atoms with Gasteiger partial charge < -0.3 is 34.6 Å². The zero-order chi connectivity index (χ0) is 28.5. The quantitative estimate of drug-likeness (QED) is 0.336. The van der Waals surface area contributed by atoms with Crippen LogP contribution in [0.1, 0.15) is 43.5 Å². The number of rotatable bonds is 14. The molecule has 0 spiro atoms. The minimum absolute atomic E-state index is 0.0165. The number of benzene rings is 2. The molecule has 0 unspecified atom stereocenters. The Balaban J connectivity index is 1.43. The highest BCUT2D eigenvalue weighted by Gasteiger charge is 2.38. The maximum absolute atomic E-state index is 13.8. The maximum Gasteiger partial charge on any atom is 0.322 e. The Hall–Kier alpha value is -3.30. The third kappa shape index (κ3) is 7.88. The van der Waals surface area contributed by atoms with Gasteiger partial charge >= 0.3 is 6.03 Å². The Bertz CT molecular complexity index is 1110. The molecule has 1 heterocycles. The van der Waals surface area contributed by atoms with Gasteiger partial charge in [0.25, 0.3) is 5.91 Å². The molecule has 0 radical (unpaired) electrons. The van der Waals surface area contributed by atoms with E-state index in [2.05, 4.69) is 10.6 Å². The largest absolute Gasteiger partial charge is 0.493 e. The molecule has 0 bridgehead atoms. The van der Waals surface area contributed by atoms with Gasteiger partial charge in [0.15, 0.2) is 11.5 Å². The van der Waals surface area contributed by atoms with E-state index in [0.29, 0.717) is 43.4 Å². The molecule has 9 heteroatoms. The minimum Gasteiger partial charge on any atom is -0.493 e. The number of para-hydroxylation sites is 1. The van der Waals surface area contributed by atoms with Gasteiger partial charge in [-0.3, -0.25) is 4.79 Å². The summed E-state index contributed by atoms with van der Waals surface area (Å²) < 4.78 is 16.5. The first-order valence-corrected chi connectivity index (χ1v) is 14.3. The average Bonchev–Trinajstić information content (AvgIpc) is 3.71. The van der Waals surface area contributed by atoms with Crippen molar-refractivity contribution < 1.29 is 23.8 Å². The number of nitrogens with zero attached hydrogens (tertiary/aromatic N) is 2. The highest BCUT2D eigenvalue weighted by molar-refractivity contribution is 5.95. The van der Waals surface area contributed by atoms with E-state index < -0.39 is 0 Å². The van der Waals surface area contributed by atoms with E-state index >= 15 is 0 Å². The van der Waals surface area contributed by atoms with Crippen LogP contribution in [-0.2, 0) is 4.74 Å². The molecule has 1 aliphatic carbocycles. The Morgan fingerprint density at radius 3 is 2.35 bits per heavy atom. The average molecular weight is 553 g/mol. The van der Waals surface area contributed by atoms with Crippen LogP contribution in [0.25, 0.3) is 0 Å². The van der Waals surface area contributed by atoms with Crippen LogP contribution in [0.3, 0.4) is 0 Å². The van der Waals surface area contributed by atoms with Gasteiger partial charge in [0.05, 0.1) is 13.7 Å². The van der Waals surface area contributed by atoms with Crippen LogP contribution in [0.5, 0.6) is 11.5 Å². The van der Waals surface area contributed by atoms with Gasteiger partial charge in [-0.1, -0.05) is 18.2 Å². The first-order valence-electron chi connectivity index (χ1n) is 14.3. The smallest absolute Gasteiger partial charge is 0.322 e. The van der Waals surface area contributed by atoms with Crippen molar-refractivity contribution in [3.05, 3.63) is 54.1 Å². The number of urea groups is 1. The molecular formula is C31H44N4O5. The molecule has 2 atom stereocenters. The molecule has 2 aliphatic rings. The number of ether oxygens (including phenoxy) is 3. The second kappa shape index (κ2) is 14.4. The van der Waals surface area contributed by atoms with E-state index in [0.717, 1.165) is 38.0 Å². The lowest BCUT2D eigenvalue weighted by Gasteiger charge is -2.33. The maximum atomic E-state index is 13.8. The summed E-state index contributed by atoms with van der Waals surface area (Å²) >= 11 is 0. The molecule has 0 aromatic heterocycles. The molecule has 2 aromatic rings.